The fraction of sp³-hybridized carbons (Fsp3) is 0.464. The lowest BCUT2D eigenvalue weighted by Gasteiger charge is -2.30. The van der Waals surface area contributed by atoms with Gasteiger partial charge in [0.1, 0.15) is 6.61 Å². The normalized spacial score (nSPS) is 25.6. The van der Waals surface area contributed by atoms with Crippen molar-refractivity contribution in [1.82, 2.24) is 10.2 Å². The second-order valence-electron chi connectivity index (χ2n) is 10.2. The van der Waals surface area contributed by atoms with E-state index in [9.17, 15) is 19.5 Å². The third-order valence-corrected chi connectivity index (χ3v) is 7.98. The van der Waals surface area contributed by atoms with Crippen molar-refractivity contribution in [3.63, 3.8) is 0 Å². The summed E-state index contributed by atoms with van der Waals surface area (Å²) < 4.78 is 5.66. The average Bonchev–Trinajstić information content (AvgIpc) is 3.41. The van der Waals surface area contributed by atoms with E-state index in [2.05, 4.69) is 29.6 Å². The second-order valence-corrected chi connectivity index (χ2v) is 10.2. The molecule has 2 aromatic carbocycles. The highest BCUT2D eigenvalue weighted by Gasteiger charge is 2.40. The molecule has 2 N–H and O–H groups in total. The van der Waals surface area contributed by atoms with Crippen LogP contribution in [0, 0.1) is 17.8 Å². The fourth-order valence-electron chi connectivity index (χ4n) is 6.02. The molecule has 2 atom stereocenters. The van der Waals surface area contributed by atoms with Crippen LogP contribution in [0.3, 0.4) is 0 Å². The molecule has 184 valence electrons. The summed E-state index contributed by atoms with van der Waals surface area (Å²) in [6.07, 6.45) is 2.39. The van der Waals surface area contributed by atoms with E-state index in [0.29, 0.717) is 38.8 Å². The third-order valence-electron chi connectivity index (χ3n) is 7.98. The van der Waals surface area contributed by atoms with Crippen LogP contribution in [-0.4, -0.2) is 53.7 Å². The van der Waals surface area contributed by atoms with Crippen LogP contribution < -0.4 is 5.32 Å². The summed E-state index contributed by atoms with van der Waals surface area (Å²) in [6.45, 7) is 2.98. The molecule has 1 saturated heterocycles. The first-order valence-corrected chi connectivity index (χ1v) is 12.6. The van der Waals surface area contributed by atoms with E-state index < -0.39 is 18.0 Å². The zero-order valence-electron chi connectivity index (χ0n) is 20.0. The van der Waals surface area contributed by atoms with Gasteiger partial charge in [0.05, 0.1) is 5.92 Å². The highest BCUT2D eigenvalue weighted by molar-refractivity contribution is 5.81. The van der Waals surface area contributed by atoms with Gasteiger partial charge < -0.3 is 20.1 Å². The van der Waals surface area contributed by atoms with Crippen LogP contribution >= 0.6 is 0 Å². The van der Waals surface area contributed by atoms with Gasteiger partial charge in [0, 0.05) is 31.0 Å². The number of alkyl carbamates (subject to hydrolysis) is 1. The van der Waals surface area contributed by atoms with E-state index >= 15 is 0 Å². The maximum Gasteiger partial charge on any atom is 0.407 e. The molecule has 2 unspecified atom stereocenters. The molecule has 7 nitrogen and oxygen atoms in total. The van der Waals surface area contributed by atoms with Crippen LogP contribution in [0.25, 0.3) is 11.1 Å². The first-order valence-electron chi connectivity index (χ1n) is 12.6. The smallest absolute Gasteiger partial charge is 0.407 e. The Morgan fingerprint density at radius 3 is 2.11 bits per heavy atom. The predicted molar refractivity (Wildman–Crippen MR) is 131 cm³/mol. The number of nitrogens with zero attached hydrogens (tertiary/aromatic N) is 1. The Bertz CT molecular complexity index is 1080. The molecule has 0 bridgehead atoms. The van der Waals surface area contributed by atoms with Crippen LogP contribution in [0.4, 0.5) is 4.79 Å². The standard InChI is InChI=1S/C28H32N2O5/c1-17-14-30(15-24(17)27(32)33)26(31)18-10-12-19(13-11-18)29-28(34)35-16-25-22-8-4-2-6-20(22)21-7-3-5-9-23(21)25/h2-9,17-19,24-25H,10-16H2,1H3,(H,29,34)(H,32,33). The van der Waals surface area contributed by atoms with Crippen molar-refractivity contribution in [3.05, 3.63) is 59.7 Å². The summed E-state index contributed by atoms with van der Waals surface area (Å²) >= 11 is 0. The van der Waals surface area contributed by atoms with Gasteiger partial charge in [-0.1, -0.05) is 55.5 Å². The first-order chi connectivity index (χ1) is 16.9. The van der Waals surface area contributed by atoms with Crippen molar-refractivity contribution >= 4 is 18.0 Å². The number of hydrogen-bond acceptors (Lipinski definition) is 4. The Morgan fingerprint density at radius 2 is 1.54 bits per heavy atom. The topological polar surface area (TPSA) is 95.9 Å². The molecule has 3 aliphatic rings. The minimum absolute atomic E-state index is 0.0148. The number of amides is 2. The monoisotopic (exact) mass is 476 g/mol. The van der Waals surface area contributed by atoms with Gasteiger partial charge in [0.2, 0.25) is 5.91 Å². The van der Waals surface area contributed by atoms with Crippen molar-refractivity contribution in [2.45, 2.75) is 44.6 Å². The number of carboxylic acids is 1. The molecule has 2 aromatic rings. The van der Waals surface area contributed by atoms with E-state index in [4.69, 9.17) is 4.74 Å². The first kappa shape index (κ1) is 23.4. The number of rotatable bonds is 5. The molecular formula is C28H32N2O5. The molecule has 2 aliphatic carbocycles. The van der Waals surface area contributed by atoms with Crippen molar-refractivity contribution < 1.29 is 24.2 Å². The third kappa shape index (κ3) is 4.64. The van der Waals surface area contributed by atoms with Gasteiger partial charge in [0.25, 0.3) is 0 Å². The Labute approximate surface area is 205 Å². The number of ether oxygens (including phenoxy) is 1. The van der Waals surface area contributed by atoms with Crippen LogP contribution in [0.5, 0.6) is 0 Å². The second kappa shape index (κ2) is 9.72. The van der Waals surface area contributed by atoms with Gasteiger partial charge in [-0.2, -0.15) is 0 Å². The van der Waals surface area contributed by atoms with E-state index in [-0.39, 0.29) is 36.3 Å². The summed E-state index contributed by atoms with van der Waals surface area (Å²) in [5, 5.41) is 12.3. The number of nitrogens with one attached hydrogen (secondary N) is 1. The van der Waals surface area contributed by atoms with Crippen LogP contribution in [0.1, 0.15) is 49.7 Å². The minimum Gasteiger partial charge on any atom is -0.481 e. The Kier molecular flexibility index (Phi) is 6.50. The van der Waals surface area contributed by atoms with Crippen LogP contribution in [-0.2, 0) is 14.3 Å². The fourth-order valence-corrected chi connectivity index (χ4v) is 6.02. The van der Waals surface area contributed by atoms with E-state index in [1.54, 1.807) is 4.90 Å². The number of aliphatic carboxylic acids is 1. The zero-order valence-corrected chi connectivity index (χ0v) is 20.0. The quantitative estimate of drug-likeness (QED) is 0.672. The largest absolute Gasteiger partial charge is 0.481 e. The van der Waals surface area contributed by atoms with Gasteiger partial charge in [-0.05, 0) is 53.9 Å². The Balaban J connectivity index is 1.11. The van der Waals surface area contributed by atoms with Crippen molar-refractivity contribution in [3.8, 4) is 11.1 Å². The summed E-state index contributed by atoms with van der Waals surface area (Å²) in [5.74, 6) is -1.35. The average molecular weight is 477 g/mol. The lowest BCUT2D eigenvalue weighted by molar-refractivity contribution is -0.142. The molecule has 7 heteroatoms. The number of carbonyl (C=O) groups is 3. The lowest BCUT2D eigenvalue weighted by atomic mass is 9.85. The van der Waals surface area contributed by atoms with Gasteiger partial charge >= 0.3 is 12.1 Å². The molecule has 0 spiro atoms. The number of hydrogen-bond donors (Lipinski definition) is 2. The molecule has 5 rings (SSSR count). The van der Waals surface area contributed by atoms with E-state index in [1.165, 1.54) is 22.3 Å². The van der Waals surface area contributed by atoms with Gasteiger partial charge in [-0.3, -0.25) is 9.59 Å². The van der Waals surface area contributed by atoms with Crippen LogP contribution in [0.15, 0.2) is 48.5 Å². The maximum absolute atomic E-state index is 12.9. The molecule has 1 aliphatic heterocycles. The van der Waals surface area contributed by atoms with E-state index in [0.717, 1.165) is 0 Å². The number of likely N-dealkylation sites (tertiary alicyclic amines) is 1. The van der Waals surface area contributed by atoms with Gasteiger partial charge in [-0.25, -0.2) is 4.79 Å². The van der Waals surface area contributed by atoms with E-state index in [1.807, 2.05) is 31.2 Å². The summed E-state index contributed by atoms with van der Waals surface area (Å²) in [5.41, 5.74) is 4.76. The number of fused-ring (bicyclic) bond motifs is 3. The lowest BCUT2D eigenvalue weighted by Crippen LogP contribution is -2.42. The summed E-state index contributed by atoms with van der Waals surface area (Å²) in [4.78, 5) is 38.6. The SMILES string of the molecule is CC1CN(C(=O)C2CCC(NC(=O)OCC3c4ccccc4-c4ccccc43)CC2)CC1C(=O)O. The van der Waals surface area contributed by atoms with Crippen molar-refractivity contribution in [2.75, 3.05) is 19.7 Å². The molecular weight excluding hydrogens is 444 g/mol. The number of carbonyl (C=O) groups excluding carboxylic acids is 2. The molecule has 2 fully saturated rings. The maximum atomic E-state index is 12.9. The molecule has 1 saturated carbocycles. The highest BCUT2D eigenvalue weighted by atomic mass is 16.5. The number of benzene rings is 2. The molecule has 2 amide bonds. The Morgan fingerprint density at radius 1 is 0.943 bits per heavy atom. The minimum atomic E-state index is -0.830. The van der Waals surface area contributed by atoms with Crippen molar-refractivity contribution in [2.24, 2.45) is 17.8 Å². The summed E-state index contributed by atoms with van der Waals surface area (Å²) in [7, 11) is 0. The summed E-state index contributed by atoms with van der Waals surface area (Å²) in [6, 6.07) is 16.5. The molecule has 0 radical (unpaired) electrons. The van der Waals surface area contributed by atoms with Crippen LogP contribution in [0.2, 0.25) is 0 Å². The van der Waals surface area contributed by atoms with Gasteiger partial charge in [-0.15, -0.1) is 0 Å². The molecule has 1 heterocycles. The molecule has 35 heavy (non-hydrogen) atoms. The highest BCUT2D eigenvalue weighted by Crippen LogP contribution is 2.44. The van der Waals surface area contributed by atoms with Crippen molar-refractivity contribution in [1.29, 1.82) is 0 Å². The number of carboxylic acid groups (broad SMARTS) is 1. The van der Waals surface area contributed by atoms with Gasteiger partial charge in [0.15, 0.2) is 0 Å². The molecule has 0 aromatic heterocycles. The zero-order chi connectivity index (χ0) is 24.5. The predicted octanol–water partition coefficient (Wildman–Crippen LogP) is 4.26. The Hall–Kier alpha value is -3.35.